The van der Waals surface area contributed by atoms with Crippen LogP contribution < -0.4 is 15.4 Å². The molecule has 3 aromatic rings. The summed E-state index contributed by atoms with van der Waals surface area (Å²) in [4.78, 5) is 23.9. The highest BCUT2D eigenvalue weighted by molar-refractivity contribution is 5.95. The number of carbonyl (C=O) groups is 2. The van der Waals surface area contributed by atoms with Crippen molar-refractivity contribution in [3.63, 3.8) is 0 Å². The van der Waals surface area contributed by atoms with Gasteiger partial charge in [-0.05, 0) is 52.7 Å². The summed E-state index contributed by atoms with van der Waals surface area (Å²) in [5, 5.41) is 16.8. The number of fused-ring (bicyclic) bond motifs is 1. The molecule has 1 unspecified atom stereocenters. The first-order valence-corrected chi connectivity index (χ1v) is 8.77. The smallest absolute Gasteiger partial charge is 0.262 e. The molecule has 2 amide bonds. The van der Waals surface area contributed by atoms with Crippen molar-refractivity contribution in [1.29, 1.82) is 0 Å². The summed E-state index contributed by atoms with van der Waals surface area (Å²) in [5.41, 5.74) is 3.20. The SMILES string of the molecule is CC(NC(=O)Cc1ccc(-n2cnnn2)cc1)c1ccc2c(c1)NC(=O)CO2. The van der Waals surface area contributed by atoms with Crippen LogP contribution in [0.3, 0.4) is 0 Å². The summed E-state index contributed by atoms with van der Waals surface area (Å²) in [6.07, 6.45) is 1.76. The first-order valence-electron chi connectivity index (χ1n) is 8.77. The highest BCUT2D eigenvalue weighted by Crippen LogP contribution is 2.30. The number of carbonyl (C=O) groups excluding carboxylic acids is 2. The predicted molar refractivity (Wildman–Crippen MR) is 100.0 cm³/mol. The fourth-order valence-corrected chi connectivity index (χ4v) is 2.98. The summed E-state index contributed by atoms with van der Waals surface area (Å²) < 4.78 is 6.90. The maximum absolute atomic E-state index is 12.4. The van der Waals surface area contributed by atoms with E-state index in [1.807, 2.05) is 43.3 Å². The topological polar surface area (TPSA) is 111 Å². The molecule has 2 heterocycles. The lowest BCUT2D eigenvalue weighted by Gasteiger charge is -2.21. The van der Waals surface area contributed by atoms with Gasteiger partial charge in [0.15, 0.2) is 6.61 Å². The fraction of sp³-hybridized carbons (Fsp3) is 0.211. The van der Waals surface area contributed by atoms with Gasteiger partial charge in [0.1, 0.15) is 12.1 Å². The van der Waals surface area contributed by atoms with Crippen molar-refractivity contribution < 1.29 is 14.3 Å². The molecule has 0 spiro atoms. The minimum Gasteiger partial charge on any atom is -0.482 e. The zero-order valence-electron chi connectivity index (χ0n) is 15.1. The van der Waals surface area contributed by atoms with Crippen LogP contribution in [0.2, 0.25) is 0 Å². The number of aromatic nitrogens is 4. The van der Waals surface area contributed by atoms with Crippen molar-refractivity contribution in [2.24, 2.45) is 0 Å². The normalized spacial score (nSPS) is 13.8. The Morgan fingerprint density at radius 1 is 1.29 bits per heavy atom. The number of amides is 2. The van der Waals surface area contributed by atoms with Crippen molar-refractivity contribution in [3.05, 3.63) is 59.9 Å². The summed E-state index contributed by atoms with van der Waals surface area (Å²) in [5.74, 6) is 0.344. The van der Waals surface area contributed by atoms with Crippen LogP contribution in [0.4, 0.5) is 5.69 Å². The van der Waals surface area contributed by atoms with Gasteiger partial charge < -0.3 is 15.4 Å². The third kappa shape index (κ3) is 3.83. The largest absolute Gasteiger partial charge is 0.482 e. The molecule has 1 aliphatic heterocycles. The van der Waals surface area contributed by atoms with Gasteiger partial charge >= 0.3 is 0 Å². The van der Waals surface area contributed by atoms with Gasteiger partial charge in [-0.3, -0.25) is 9.59 Å². The van der Waals surface area contributed by atoms with Crippen LogP contribution in [-0.4, -0.2) is 38.6 Å². The second-order valence-corrected chi connectivity index (χ2v) is 6.48. The third-order valence-corrected chi connectivity index (χ3v) is 4.43. The Morgan fingerprint density at radius 3 is 2.86 bits per heavy atom. The van der Waals surface area contributed by atoms with Crippen LogP contribution in [0.5, 0.6) is 5.75 Å². The summed E-state index contributed by atoms with van der Waals surface area (Å²) in [6, 6.07) is 12.7. The fourth-order valence-electron chi connectivity index (χ4n) is 2.98. The van der Waals surface area contributed by atoms with Gasteiger partial charge in [-0.1, -0.05) is 18.2 Å². The second kappa shape index (κ2) is 7.47. The molecule has 0 bridgehead atoms. The molecule has 1 aromatic heterocycles. The number of hydrogen-bond donors (Lipinski definition) is 2. The van der Waals surface area contributed by atoms with Crippen LogP contribution in [0, 0.1) is 0 Å². The minimum atomic E-state index is -0.211. The summed E-state index contributed by atoms with van der Waals surface area (Å²) in [7, 11) is 0. The molecule has 0 saturated carbocycles. The van der Waals surface area contributed by atoms with E-state index in [2.05, 4.69) is 26.2 Å². The van der Waals surface area contributed by atoms with E-state index >= 15 is 0 Å². The second-order valence-electron chi connectivity index (χ2n) is 6.48. The number of tetrazole rings is 1. The molecule has 1 aliphatic rings. The summed E-state index contributed by atoms with van der Waals surface area (Å²) >= 11 is 0. The van der Waals surface area contributed by atoms with Crippen molar-refractivity contribution in [3.8, 4) is 11.4 Å². The van der Waals surface area contributed by atoms with Crippen molar-refractivity contribution in [2.75, 3.05) is 11.9 Å². The van der Waals surface area contributed by atoms with E-state index in [1.165, 1.54) is 6.33 Å². The Morgan fingerprint density at radius 2 is 2.11 bits per heavy atom. The van der Waals surface area contributed by atoms with E-state index in [4.69, 9.17) is 4.74 Å². The monoisotopic (exact) mass is 378 g/mol. The van der Waals surface area contributed by atoms with Crippen LogP contribution in [-0.2, 0) is 16.0 Å². The van der Waals surface area contributed by atoms with Gasteiger partial charge in [0.05, 0.1) is 23.8 Å². The van der Waals surface area contributed by atoms with Crippen molar-refractivity contribution in [2.45, 2.75) is 19.4 Å². The van der Waals surface area contributed by atoms with Gasteiger partial charge in [-0.2, -0.15) is 0 Å². The third-order valence-electron chi connectivity index (χ3n) is 4.43. The zero-order valence-corrected chi connectivity index (χ0v) is 15.1. The molecule has 4 rings (SSSR count). The van der Waals surface area contributed by atoms with Gasteiger partial charge in [-0.25, -0.2) is 4.68 Å². The van der Waals surface area contributed by atoms with Gasteiger partial charge in [0.25, 0.3) is 5.91 Å². The van der Waals surface area contributed by atoms with Gasteiger partial charge in [0, 0.05) is 0 Å². The number of nitrogens with zero attached hydrogens (tertiary/aromatic N) is 4. The maximum Gasteiger partial charge on any atom is 0.262 e. The Hall–Kier alpha value is -3.75. The molecule has 0 aliphatic carbocycles. The molecule has 9 nitrogen and oxygen atoms in total. The van der Waals surface area contributed by atoms with Crippen LogP contribution in [0.1, 0.15) is 24.1 Å². The molecule has 1 atom stereocenters. The molecule has 0 fully saturated rings. The highest BCUT2D eigenvalue weighted by atomic mass is 16.5. The van der Waals surface area contributed by atoms with E-state index in [0.29, 0.717) is 11.4 Å². The Bertz CT molecular complexity index is 1000. The van der Waals surface area contributed by atoms with E-state index in [9.17, 15) is 9.59 Å². The van der Waals surface area contributed by atoms with E-state index in [-0.39, 0.29) is 30.9 Å². The number of benzene rings is 2. The average molecular weight is 378 g/mol. The van der Waals surface area contributed by atoms with Crippen molar-refractivity contribution >= 4 is 17.5 Å². The molecule has 0 saturated heterocycles. The molecular formula is C19H18N6O3. The lowest BCUT2D eigenvalue weighted by Crippen LogP contribution is -2.29. The molecular weight excluding hydrogens is 360 g/mol. The first-order chi connectivity index (χ1) is 13.6. The first kappa shape index (κ1) is 17.7. The number of ether oxygens (including phenoxy) is 1. The van der Waals surface area contributed by atoms with Crippen molar-refractivity contribution in [1.82, 2.24) is 25.5 Å². The summed E-state index contributed by atoms with van der Waals surface area (Å²) in [6.45, 7) is 1.91. The molecule has 2 N–H and O–H groups in total. The van der Waals surface area contributed by atoms with Crippen LogP contribution in [0.25, 0.3) is 5.69 Å². The van der Waals surface area contributed by atoms with E-state index in [0.717, 1.165) is 16.8 Å². The predicted octanol–water partition coefficient (Wildman–Crippen LogP) is 1.41. The lowest BCUT2D eigenvalue weighted by molar-refractivity contribution is -0.121. The number of hydrogen-bond acceptors (Lipinski definition) is 6. The lowest BCUT2D eigenvalue weighted by atomic mass is 10.1. The number of rotatable bonds is 5. The van der Waals surface area contributed by atoms with Gasteiger partial charge in [-0.15, -0.1) is 5.10 Å². The van der Waals surface area contributed by atoms with Gasteiger partial charge in [0.2, 0.25) is 5.91 Å². The molecule has 0 radical (unpaired) electrons. The minimum absolute atomic E-state index is 0.0187. The maximum atomic E-state index is 12.4. The average Bonchev–Trinajstić information content (AvgIpc) is 3.22. The number of nitrogens with one attached hydrogen (secondary N) is 2. The van der Waals surface area contributed by atoms with Crippen LogP contribution in [0.15, 0.2) is 48.8 Å². The van der Waals surface area contributed by atoms with E-state index in [1.54, 1.807) is 10.7 Å². The standard InChI is InChI=1S/C19H18N6O3/c1-12(14-4-7-17-16(9-14)22-19(27)10-28-17)21-18(26)8-13-2-5-15(6-3-13)25-11-20-23-24-25/h2-7,9,11-12H,8,10H2,1H3,(H,21,26)(H,22,27). The molecule has 142 valence electrons. The Labute approximate surface area is 160 Å². The Balaban J connectivity index is 1.38. The molecule has 2 aromatic carbocycles. The quantitative estimate of drug-likeness (QED) is 0.694. The number of anilines is 1. The zero-order chi connectivity index (χ0) is 19.5. The molecule has 28 heavy (non-hydrogen) atoms. The Kier molecular flexibility index (Phi) is 4.71. The highest BCUT2D eigenvalue weighted by Gasteiger charge is 2.18. The molecule has 9 heteroatoms. The van der Waals surface area contributed by atoms with Crippen LogP contribution >= 0.6 is 0 Å². The van der Waals surface area contributed by atoms with E-state index < -0.39 is 0 Å².